The van der Waals surface area contributed by atoms with Gasteiger partial charge in [-0.05, 0) is 49.9 Å². The van der Waals surface area contributed by atoms with E-state index >= 15 is 0 Å². The summed E-state index contributed by atoms with van der Waals surface area (Å²) in [6.45, 7) is 6.56. The molecule has 1 heterocycles. The summed E-state index contributed by atoms with van der Waals surface area (Å²) in [4.78, 5) is 2.44. The van der Waals surface area contributed by atoms with Crippen LogP contribution < -0.4 is 10.6 Å². The molecule has 1 aromatic rings. The first-order valence-electron chi connectivity index (χ1n) is 5.30. The van der Waals surface area contributed by atoms with Gasteiger partial charge in [0.25, 0.3) is 0 Å². The highest BCUT2D eigenvalue weighted by Gasteiger charge is 2.13. The molecule has 0 atom stereocenters. The molecule has 0 aromatic heterocycles. The lowest BCUT2D eigenvalue weighted by molar-refractivity contribution is 0.949. The summed E-state index contributed by atoms with van der Waals surface area (Å²) in [5.41, 5.74) is 10.6. The van der Waals surface area contributed by atoms with E-state index in [1.54, 1.807) is 0 Å². The SMILES string of the molecule is Cc1cc(N2CCCC2)cc(C)c1N. The van der Waals surface area contributed by atoms with Gasteiger partial charge in [0.2, 0.25) is 0 Å². The second kappa shape index (κ2) is 3.52. The van der Waals surface area contributed by atoms with Crippen molar-refractivity contribution in [1.29, 1.82) is 0 Å². The molecule has 0 spiro atoms. The van der Waals surface area contributed by atoms with Crippen molar-refractivity contribution in [3.63, 3.8) is 0 Å². The molecule has 2 rings (SSSR count). The Kier molecular flexibility index (Phi) is 2.36. The number of anilines is 2. The topological polar surface area (TPSA) is 29.3 Å². The highest BCUT2D eigenvalue weighted by atomic mass is 15.1. The largest absolute Gasteiger partial charge is 0.398 e. The summed E-state index contributed by atoms with van der Waals surface area (Å²) >= 11 is 0. The molecule has 0 saturated carbocycles. The minimum absolute atomic E-state index is 0.938. The third kappa shape index (κ3) is 1.57. The monoisotopic (exact) mass is 190 g/mol. The Bertz CT molecular complexity index is 315. The fourth-order valence-electron chi connectivity index (χ4n) is 2.11. The van der Waals surface area contributed by atoms with Crippen LogP contribution in [0, 0.1) is 13.8 Å². The van der Waals surface area contributed by atoms with Gasteiger partial charge in [0.05, 0.1) is 0 Å². The van der Waals surface area contributed by atoms with E-state index in [0.717, 1.165) is 5.69 Å². The number of nitrogens with zero attached hydrogens (tertiary/aromatic N) is 1. The van der Waals surface area contributed by atoms with E-state index in [-0.39, 0.29) is 0 Å². The number of rotatable bonds is 1. The number of hydrogen-bond acceptors (Lipinski definition) is 2. The number of hydrogen-bond donors (Lipinski definition) is 1. The highest BCUT2D eigenvalue weighted by Crippen LogP contribution is 2.26. The summed E-state index contributed by atoms with van der Waals surface area (Å²) < 4.78 is 0. The summed E-state index contributed by atoms with van der Waals surface area (Å²) in [5.74, 6) is 0. The van der Waals surface area contributed by atoms with E-state index in [2.05, 4.69) is 30.9 Å². The molecule has 1 aliphatic heterocycles. The zero-order valence-electron chi connectivity index (χ0n) is 9.01. The maximum Gasteiger partial charge on any atom is 0.0374 e. The summed E-state index contributed by atoms with van der Waals surface area (Å²) in [6, 6.07) is 4.40. The molecule has 2 N–H and O–H groups in total. The Morgan fingerprint density at radius 2 is 1.57 bits per heavy atom. The van der Waals surface area contributed by atoms with Gasteiger partial charge in [-0.15, -0.1) is 0 Å². The van der Waals surface area contributed by atoms with Crippen molar-refractivity contribution >= 4 is 11.4 Å². The quantitative estimate of drug-likeness (QED) is 0.689. The molecular weight excluding hydrogens is 172 g/mol. The van der Waals surface area contributed by atoms with Crippen molar-refractivity contribution in [2.75, 3.05) is 23.7 Å². The van der Waals surface area contributed by atoms with Gasteiger partial charge in [0.15, 0.2) is 0 Å². The standard InChI is InChI=1S/C12H18N2/c1-9-7-11(8-10(2)12(9)13)14-5-3-4-6-14/h7-8H,3-6,13H2,1-2H3. The Morgan fingerprint density at radius 1 is 1.07 bits per heavy atom. The first-order chi connectivity index (χ1) is 6.68. The average molecular weight is 190 g/mol. The van der Waals surface area contributed by atoms with Gasteiger partial charge < -0.3 is 10.6 Å². The predicted octanol–water partition coefficient (Wildman–Crippen LogP) is 2.49. The highest BCUT2D eigenvalue weighted by molar-refractivity contribution is 5.62. The third-order valence-corrected chi connectivity index (χ3v) is 3.05. The molecule has 14 heavy (non-hydrogen) atoms. The molecule has 0 aliphatic carbocycles. The molecule has 1 saturated heterocycles. The minimum atomic E-state index is 0.938. The van der Waals surface area contributed by atoms with Crippen LogP contribution in [0.2, 0.25) is 0 Å². The van der Waals surface area contributed by atoms with Crippen molar-refractivity contribution in [2.24, 2.45) is 0 Å². The first-order valence-corrected chi connectivity index (χ1v) is 5.30. The number of benzene rings is 1. The molecule has 1 fully saturated rings. The second-order valence-electron chi connectivity index (χ2n) is 4.19. The molecular formula is C12H18N2. The summed E-state index contributed by atoms with van der Waals surface area (Å²) in [6.07, 6.45) is 2.64. The third-order valence-electron chi connectivity index (χ3n) is 3.05. The van der Waals surface area contributed by atoms with E-state index in [1.807, 2.05) is 0 Å². The van der Waals surface area contributed by atoms with Crippen LogP contribution in [0.25, 0.3) is 0 Å². The molecule has 2 nitrogen and oxygen atoms in total. The van der Waals surface area contributed by atoms with Crippen LogP contribution in [0.15, 0.2) is 12.1 Å². The van der Waals surface area contributed by atoms with Gasteiger partial charge in [0.1, 0.15) is 0 Å². The van der Waals surface area contributed by atoms with Crippen molar-refractivity contribution < 1.29 is 0 Å². The maximum atomic E-state index is 5.93. The lowest BCUT2D eigenvalue weighted by atomic mass is 10.1. The van der Waals surface area contributed by atoms with E-state index < -0.39 is 0 Å². The van der Waals surface area contributed by atoms with Gasteiger partial charge >= 0.3 is 0 Å². The lowest BCUT2D eigenvalue weighted by Gasteiger charge is -2.19. The zero-order chi connectivity index (χ0) is 10.1. The van der Waals surface area contributed by atoms with E-state index in [1.165, 1.54) is 42.7 Å². The number of nitrogens with two attached hydrogens (primary N) is 1. The van der Waals surface area contributed by atoms with Crippen molar-refractivity contribution in [2.45, 2.75) is 26.7 Å². The van der Waals surface area contributed by atoms with Crippen molar-refractivity contribution in [3.8, 4) is 0 Å². The number of nitrogen functional groups attached to an aromatic ring is 1. The average Bonchev–Trinajstić information content (AvgIpc) is 2.66. The van der Waals surface area contributed by atoms with E-state index in [4.69, 9.17) is 5.73 Å². The molecule has 0 radical (unpaired) electrons. The van der Waals surface area contributed by atoms with Crippen LogP contribution in [0.1, 0.15) is 24.0 Å². The van der Waals surface area contributed by atoms with Gasteiger partial charge in [-0.25, -0.2) is 0 Å². The predicted molar refractivity (Wildman–Crippen MR) is 61.8 cm³/mol. The fourth-order valence-corrected chi connectivity index (χ4v) is 2.11. The molecule has 1 aromatic carbocycles. The molecule has 2 heteroatoms. The Morgan fingerprint density at radius 3 is 2.07 bits per heavy atom. The van der Waals surface area contributed by atoms with Crippen molar-refractivity contribution in [3.05, 3.63) is 23.3 Å². The molecule has 1 aliphatic rings. The first kappa shape index (κ1) is 9.38. The second-order valence-corrected chi connectivity index (χ2v) is 4.19. The Hall–Kier alpha value is -1.18. The van der Waals surface area contributed by atoms with Crippen molar-refractivity contribution in [1.82, 2.24) is 0 Å². The number of aryl methyl sites for hydroxylation is 2. The normalized spacial score (nSPS) is 16.3. The van der Waals surface area contributed by atoms with Crippen LogP contribution in [-0.2, 0) is 0 Å². The fraction of sp³-hybridized carbons (Fsp3) is 0.500. The minimum Gasteiger partial charge on any atom is -0.398 e. The Balaban J connectivity index is 2.34. The van der Waals surface area contributed by atoms with Gasteiger partial charge in [-0.3, -0.25) is 0 Å². The summed E-state index contributed by atoms with van der Waals surface area (Å²) in [5, 5.41) is 0. The molecule has 0 bridgehead atoms. The van der Waals surface area contributed by atoms with Gasteiger partial charge in [-0.2, -0.15) is 0 Å². The lowest BCUT2D eigenvalue weighted by Crippen LogP contribution is -2.18. The molecule has 0 amide bonds. The van der Waals surface area contributed by atoms with Crippen LogP contribution in [0.3, 0.4) is 0 Å². The molecule has 76 valence electrons. The van der Waals surface area contributed by atoms with Crippen LogP contribution in [-0.4, -0.2) is 13.1 Å². The van der Waals surface area contributed by atoms with Gasteiger partial charge in [0, 0.05) is 24.5 Å². The maximum absolute atomic E-state index is 5.93. The zero-order valence-corrected chi connectivity index (χ0v) is 9.01. The van der Waals surface area contributed by atoms with Crippen LogP contribution in [0.4, 0.5) is 11.4 Å². The van der Waals surface area contributed by atoms with Gasteiger partial charge in [-0.1, -0.05) is 0 Å². The van der Waals surface area contributed by atoms with E-state index in [0.29, 0.717) is 0 Å². The van der Waals surface area contributed by atoms with E-state index in [9.17, 15) is 0 Å². The van der Waals surface area contributed by atoms with Crippen LogP contribution >= 0.6 is 0 Å². The van der Waals surface area contributed by atoms with Crippen LogP contribution in [0.5, 0.6) is 0 Å². The molecule has 0 unspecified atom stereocenters. The smallest absolute Gasteiger partial charge is 0.0374 e. The Labute approximate surface area is 85.7 Å². The summed E-state index contributed by atoms with van der Waals surface area (Å²) in [7, 11) is 0.